The van der Waals surface area contributed by atoms with Crippen molar-refractivity contribution in [3.05, 3.63) is 0 Å². The Morgan fingerprint density at radius 2 is 2.06 bits per heavy atom. The number of amides is 2. The van der Waals surface area contributed by atoms with Crippen molar-refractivity contribution in [3.63, 3.8) is 0 Å². The van der Waals surface area contributed by atoms with Crippen molar-refractivity contribution in [2.45, 2.75) is 58.5 Å². The highest BCUT2D eigenvalue weighted by Gasteiger charge is 2.47. The summed E-state index contributed by atoms with van der Waals surface area (Å²) in [4.78, 5) is 27.1. The number of aliphatic carboxylic acids is 1. The molecule has 1 N–H and O–H groups in total. The van der Waals surface area contributed by atoms with Crippen LogP contribution in [0.2, 0.25) is 0 Å². The monoisotopic (exact) mass is 256 g/mol. The van der Waals surface area contributed by atoms with Gasteiger partial charge in [0.05, 0.1) is 0 Å². The normalized spacial score (nSPS) is 23.5. The first-order valence-electron chi connectivity index (χ1n) is 6.66. The number of likely N-dealkylation sites (tertiary alicyclic amines) is 1. The summed E-state index contributed by atoms with van der Waals surface area (Å²) in [5.74, 6) is -0.909. The van der Waals surface area contributed by atoms with Gasteiger partial charge in [-0.1, -0.05) is 6.92 Å². The number of rotatable bonds is 4. The molecule has 5 nitrogen and oxygen atoms in total. The van der Waals surface area contributed by atoms with E-state index in [0.717, 1.165) is 12.8 Å². The number of carboxylic acids is 1. The van der Waals surface area contributed by atoms with Crippen molar-refractivity contribution in [3.8, 4) is 0 Å². The fraction of sp³-hybridized carbons (Fsp3) is 0.846. The van der Waals surface area contributed by atoms with Crippen LogP contribution in [0.4, 0.5) is 4.79 Å². The number of carbonyl (C=O) groups is 2. The van der Waals surface area contributed by atoms with E-state index in [0.29, 0.717) is 19.5 Å². The lowest BCUT2D eigenvalue weighted by Crippen LogP contribution is -2.56. The van der Waals surface area contributed by atoms with Gasteiger partial charge < -0.3 is 14.9 Å². The zero-order valence-corrected chi connectivity index (χ0v) is 11.8. The topological polar surface area (TPSA) is 60.9 Å². The van der Waals surface area contributed by atoms with Crippen molar-refractivity contribution in [1.29, 1.82) is 0 Å². The lowest BCUT2D eigenvalue weighted by Gasteiger charge is -2.37. The third kappa shape index (κ3) is 2.60. The predicted octanol–water partition coefficient (Wildman–Crippen LogP) is 2.17. The summed E-state index contributed by atoms with van der Waals surface area (Å²) in [5.41, 5.74) is -1.04. The Morgan fingerprint density at radius 1 is 1.44 bits per heavy atom. The SMILES string of the molecule is CCCN(C(=O)N1CCCC1(C)C(=O)O)C(C)C. The van der Waals surface area contributed by atoms with Crippen molar-refractivity contribution >= 4 is 12.0 Å². The smallest absolute Gasteiger partial charge is 0.329 e. The van der Waals surface area contributed by atoms with Gasteiger partial charge in [-0.2, -0.15) is 0 Å². The zero-order chi connectivity index (χ0) is 13.9. The van der Waals surface area contributed by atoms with Crippen LogP contribution in [0.1, 0.15) is 47.0 Å². The molecule has 104 valence electrons. The Morgan fingerprint density at radius 3 is 2.50 bits per heavy atom. The lowest BCUT2D eigenvalue weighted by molar-refractivity contribution is -0.147. The molecule has 18 heavy (non-hydrogen) atoms. The molecule has 1 fully saturated rings. The van der Waals surface area contributed by atoms with E-state index in [-0.39, 0.29) is 12.1 Å². The first-order chi connectivity index (χ1) is 8.34. The van der Waals surface area contributed by atoms with Gasteiger partial charge in [0, 0.05) is 19.1 Å². The van der Waals surface area contributed by atoms with E-state index in [1.807, 2.05) is 20.8 Å². The molecule has 0 radical (unpaired) electrons. The van der Waals surface area contributed by atoms with E-state index >= 15 is 0 Å². The van der Waals surface area contributed by atoms with Crippen LogP contribution in [0.5, 0.6) is 0 Å². The van der Waals surface area contributed by atoms with E-state index in [1.165, 1.54) is 4.90 Å². The summed E-state index contributed by atoms with van der Waals surface area (Å²) >= 11 is 0. The van der Waals surface area contributed by atoms with Crippen LogP contribution < -0.4 is 0 Å². The maximum atomic E-state index is 12.5. The number of hydrogen-bond acceptors (Lipinski definition) is 2. The average molecular weight is 256 g/mol. The fourth-order valence-electron chi connectivity index (χ4n) is 2.46. The second kappa shape index (κ2) is 5.59. The largest absolute Gasteiger partial charge is 0.480 e. The molecule has 0 spiro atoms. The molecule has 1 aliphatic rings. The molecule has 1 saturated heterocycles. The van der Waals surface area contributed by atoms with Crippen molar-refractivity contribution < 1.29 is 14.7 Å². The average Bonchev–Trinajstić information content (AvgIpc) is 2.68. The summed E-state index contributed by atoms with van der Waals surface area (Å²) in [5, 5.41) is 9.33. The van der Waals surface area contributed by atoms with Crippen LogP contribution in [0.15, 0.2) is 0 Å². The Bertz CT molecular complexity index is 330. The van der Waals surface area contributed by atoms with Crippen LogP contribution in [0.3, 0.4) is 0 Å². The Hall–Kier alpha value is -1.26. The van der Waals surface area contributed by atoms with Crippen LogP contribution in [0, 0.1) is 0 Å². The fourth-order valence-corrected chi connectivity index (χ4v) is 2.46. The molecule has 0 aliphatic carbocycles. The molecule has 2 amide bonds. The molecule has 1 unspecified atom stereocenters. The number of nitrogens with zero attached hydrogens (tertiary/aromatic N) is 2. The van der Waals surface area contributed by atoms with Crippen molar-refractivity contribution in [2.24, 2.45) is 0 Å². The van der Waals surface area contributed by atoms with E-state index in [9.17, 15) is 14.7 Å². The molecule has 1 heterocycles. The highest BCUT2D eigenvalue weighted by molar-refractivity contribution is 5.86. The maximum Gasteiger partial charge on any atom is 0.329 e. The molecule has 0 aromatic heterocycles. The third-order valence-corrected chi connectivity index (χ3v) is 3.67. The van der Waals surface area contributed by atoms with Gasteiger partial charge in [0.15, 0.2) is 0 Å². The molecule has 0 aromatic carbocycles. The second-order valence-corrected chi connectivity index (χ2v) is 5.40. The number of hydrogen-bond donors (Lipinski definition) is 1. The molecule has 5 heteroatoms. The molecule has 0 aromatic rings. The van der Waals surface area contributed by atoms with Crippen LogP contribution in [-0.4, -0.2) is 51.6 Å². The Labute approximate surface area is 109 Å². The van der Waals surface area contributed by atoms with Gasteiger partial charge in [-0.05, 0) is 40.0 Å². The molecule has 0 bridgehead atoms. The van der Waals surface area contributed by atoms with Gasteiger partial charge in [0.1, 0.15) is 5.54 Å². The second-order valence-electron chi connectivity index (χ2n) is 5.40. The lowest BCUT2D eigenvalue weighted by atomic mass is 9.99. The van der Waals surface area contributed by atoms with Gasteiger partial charge in [0.2, 0.25) is 0 Å². The highest BCUT2D eigenvalue weighted by atomic mass is 16.4. The van der Waals surface area contributed by atoms with Gasteiger partial charge in [-0.25, -0.2) is 9.59 Å². The van der Waals surface area contributed by atoms with Gasteiger partial charge >= 0.3 is 12.0 Å². The molecule has 1 aliphatic heterocycles. The third-order valence-electron chi connectivity index (χ3n) is 3.67. The van der Waals surface area contributed by atoms with E-state index in [4.69, 9.17) is 0 Å². The van der Waals surface area contributed by atoms with Crippen molar-refractivity contribution in [1.82, 2.24) is 9.80 Å². The summed E-state index contributed by atoms with van der Waals surface area (Å²) in [6.45, 7) is 8.79. The number of carbonyl (C=O) groups excluding carboxylic acids is 1. The summed E-state index contributed by atoms with van der Waals surface area (Å²) in [7, 11) is 0. The Kier molecular flexibility index (Phi) is 4.59. The van der Waals surface area contributed by atoms with Gasteiger partial charge in [-0.3, -0.25) is 0 Å². The zero-order valence-electron chi connectivity index (χ0n) is 11.8. The summed E-state index contributed by atoms with van der Waals surface area (Å²) < 4.78 is 0. The molecular weight excluding hydrogens is 232 g/mol. The minimum atomic E-state index is -1.04. The minimum absolute atomic E-state index is 0.0936. The summed E-state index contributed by atoms with van der Waals surface area (Å²) in [6, 6.07) is -0.0506. The van der Waals surface area contributed by atoms with Gasteiger partial charge in [-0.15, -0.1) is 0 Å². The van der Waals surface area contributed by atoms with E-state index < -0.39 is 11.5 Å². The first-order valence-corrected chi connectivity index (χ1v) is 6.66. The molecule has 0 saturated carbocycles. The predicted molar refractivity (Wildman–Crippen MR) is 69.5 cm³/mol. The molecular formula is C13H24N2O3. The Balaban J connectivity index is 2.91. The maximum absolute atomic E-state index is 12.5. The van der Waals surface area contributed by atoms with E-state index in [1.54, 1.807) is 11.8 Å². The number of urea groups is 1. The van der Waals surface area contributed by atoms with Gasteiger partial charge in [0.25, 0.3) is 0 Å². The first kappa shape index (κ1) is 14.8. The molecule has 1 rings (SSSR count). The van der Waals surface area contributed by atoms with Crippen LogP contribution >= 0.6 is 0 Å². The highest BCUT2D eigenvalue weighted by Crippen LogP contribution is 2.30. The minimum Gasteiger partial charge on any atom is -0.480 e. The van der Waals surface area contributed by atoms with Crippen LogP contribution in [0.25, 0.3) is 0 Å². The van der Waals surface area contributed by atoms with Crippen molar-refractivity contribution in [2.75, 3.05) is 13.1 Å². The van der Waals surface area contributed by atoms with E-state index in [2.05, 4.69) is 0 Å². The summed E-state index contributed by atoms with van der Waals surface area (Å²) in [6.07, 6.45) is 2.17. The van der Waals surface area contributed by atoms with Crippen LogP contribution in [-0.2, 0) is 4.79 Å². The quantitative estimate of drug-likeness (QED) is 0.838. The standard InChI is InChI=1S/C13H24N2O3/c1-5-8-14(10(2)3)12(18)15-9-6-7-13(15,4)11(16)17/h10H,5-9H2,1-4H3,(H,16,17). The molecule has 1 atom stereocenters. The number of carboxylic acid groups (broad SMARTS) is 1.